The van der Waals surface area contributed by atoms with Crippen LogP contribution in [0.25, 0.3) is 27.9 Å². The van der Waals surface area contributed by atoms with Crippen LogP contribution >= 0.6 is 0 Å². The Bertz CT molecular complexity index is 1210. The number of pyridine rings is 1. The van der Waals surface area contributed by atoms with E-state index in [1.54, 1.807) is 10.9 Å². The third-order valence-corrected chi connectivity index (χ3v) is 5.85. The summed E-state index contributed by atoms with van der Waals surface area (Å²) in [6.45, 7) is 3.69. The quantitative estimate of drug-likeness (QED) is 0.513. The van der Waals surface area contributed by atoms with Gasteiger partial charge in [-0.05, 0) is 44.1 Å². The number of piperidine rings is 1. The summed E-state index contributed by atoms with van der Waals surface area (Å²) in [5.41, 5.74) is 4.16. The maximum atomic E-state index is 13.4. The van der Waals surface area contributed by atoms with Crippen molar-refractivity contribution in [1.82, 2.24) is 24.3 Å². The largest absolute Gasteiger partial charge is 0.301 e. The second-order valence-corrected chi connectivity index (χ2v) is 7.80. The van der Waals surface area contributed by atoms with Crippen LogP contribution in [0.2, 0.25) is 0 Å². The van der Waals surface area contributed by atoms with Gasteiger partial charge in [0.25, 0.3) is 5.56 Å². The molecule has 0 amide bonds. The van der Waals surface area contributed by atoms with Crippen LogP contribution in [0.5, 0.6) is 0 Å². The van der Waals surface area contributed by atoms with E-state index < -0.39 is 0 Å². The Labute approximate surface area is 175 Å². The van der Waals surface area contributed by atoms with Gasteiger partial charge in [0.15, 0.2) is 0 Å². The van der Waals surface area contributed by atoms with Crippen molar-refractivity contribution in [3.05, 3.63) is 77.3 Å². The molecule has 0 bridgehead atoms. The van der Waals surface area contributed by atoms with Crippen LogP contribution < -0.4 is 5.56 Å². The predicted octanol–water partition coefficient (Wildman–Crippen LogP) is 3.71. The first-order chi connectivity index (χ1) is 14.8. The van der Waals surface area contributed by atoms with E-state index in [1.807, 2.05) is 65.3 Å². The van der Waals surface area contributed by atoms with Gasteiger partial charge < -0.3 is 4.90 Å². The molecule has 3 aromatic heterocycles. The summed E-state index contributed by atoms with van der Waals surface area (Å²) in [7, 11) is 0. The highest BCUT2D eigenvalue weighted by Crippen LogP contribution is 2.33. The third kappa shape index (κ3) is 3.55. The molecule has 6 heteroatoms. The number of rotatable bonds is 5. The van der Waals surface area contributed by atoms with Crippen LogP contribution in [0.4, 0.5) is 0 Å². The van der Waals surface area contributed by atoms with Crippen molar-refractivity contribution < 1.29 is 0 Å². The average Bonchev–Trinajstić information content (AvgIpc) is 3.19. The zero-order valence-electron chi connectivity index (χ0n) is 16.9. The highest BCUT2D eigenvalue weighted by molar-refractivity contribution is 5.91. The van der Waals surface area contributed by atoms with E-state index in [0.29, 0.717) is 12.1 Å². The molecule has 5 rings (SSSR count). The van der Waals surface area contributed by atoms with Crippen molar-refractivity contribution in [2.45, 2.75) is 25.8 Å². The minimum absolute atomic E-state index is 0.0644. The van der Waals surface area contributed by atoms with E-state index in [-0.39, 0.29) is 5.56 Å². The predicted molar refractivity (Wildman–Crippen MR) is 118 cm³/mol. The first-order valence-electron chi connectivity index (χ1n) is 10.6. The van der Waals surface area contributed by atoms with Gasteiger partial charge in [0, 0.05) is 30.1 Å². The van der Waals surface area contributed by atoms with Gasteiger partial charge >= 0.3 is 0 Å². The molecule has 1 saturated heterocycles. The van der Waals surface area contributed by atoms with E-state index in [9.17, 15) is 4.79 Å². The van der Waals surface area contributed by atoms with E-state index in [2.05, 4.69) is 10.00 Å². The molecule has 4 aromatic rings. The monoisotopic (exact) mass is 399 g/mol. The summed E-state index contributed by atoms with van der Waals surface area (Å²) in [5, 5.41) is 9.16. The number of likely N-dealkylation sites (tertiary alicyclic amines) is 1. The van der Waals surface area contributed by atoms with Crippen molar-refractivity contribution in [1.29, 1.82) is 0 Å². The smallest absolute Gasteiger partial charge is 0.274 e. The third-order valence-electron chi connectivity index (χ3n) is 5.85. The lowest BCUT2D eigenvalue weighted by molar-refractivity contribution is 0.216. The maximum Gasteiger partial charge on any atom is 0.274 e. The van der Waals surface area contributed by atoms with Gasteiger partial charge in [-0.1, -0.05) is 42.8 Å². The lowest BCUT2D eigenvalue weighted by Gasteiger charge is -2.26. The first-order valence-corrected chi connectivity index (χ1v) is 10.6. The molecular formula is C24H25N5O. The molecule has 0 aliphatic carbocycles. The number of hydrogen-bond donors (Lipinski definition) is 0. The fourth-order valence-corrected chi connectivity index (χ4v) is 4.28. The lowest BCUT2D eigenvalue weighted by atomic mass is 10.0. The minimum atomic E-state index is -0.0644. The van der Waals surface area contributed by atoms with Crippen LogP contribution in [-0.4, -0.2) is 43.9 Å². The number of hydrogen-bond acceptors (Lipinski definition) is 4. The normalized spacial score (nSPS) is 14.9. The molecule has 1 fully saturated rings. The van der Waals surface area contributed by atoms with Crippen LogP contribution in [0, 0.1) is 0 Å². The molecule has 0 spiro atoms. The van der Waals surface area contributed by atoms with Gasteiger partial charge in [-0.3, -0.25) is 4.79 Å². The number of fused-ring (bicyclic) bond motifs is 1. The second kappa shape index (κ2) is 8.24. The van der Waals surface area contributed by atoms with E-state index >= 15 is 0 Å². The van der Waals surface area contributed by atoms with Gasteiger partial charge in [-0.15, -0.1) is 0 Å². The molecule has 0 N–H and O–H groups in total. The number of benzene rings is 1. The van der Waals surface area contributed by atoms with E-state index in [0.717, 1.165) is 42.0 Å². The highest BCUT2D eigenvalue weighted by Gasteiger charge is 2.20. The molecule has 4 heterocycles. The Morgan fingerprint density at radius 1 is 0.867 bits per heavy atom. The molecule has 1 aliphatic rings. The van der Waals surface area contributed by atoms with Gasteiger partial charge in [-0.2, -0.15) is 10.2 Å². The Morgan fingerprint density at radius 2 is 1.67 bits per heavy atom. The molecule has 0 unspecified atom stereocenters. The maximum absolute atomic E-state index is 13.4. The summed E-state index contributed by atoms with van der Waals surface area (Å²) < 4.78 is 3.45. The molecule has 152 valence electrons. The van der Waals surface area contributed by atoms with Crippen molar-refractivity contribution in [3.63, 3.8) is 0 Å². The van der Waals surface area contributed by atoms with Gasteiger partial charge in [0.05, 0.1) is 17.6 Å². The van der Waals surface area contributed by atoms with Crippen LogP contribution in [0.1, 0.15) is 19.3 Å². The van der Waals surface area contributed by atoms with E-state index in [4.69, 9.17) is 5.10 Å². The average molecular weight is 399 g/mol. The standard InChI is InChI=1S/C24H25N5O/c30-24-20(12-13-25-29(24)18-17-27-14-6-2-7-15-27)22-21-11-5-8-16-28(21)26-23(22)19-9-3-1-4-10-19/h1,3-5,8-13,16H,2,6-7,14-15,17-18H2. The molecule has 1 aromatic carbocycles. The Hall–Kier alpha value is -3.25. The number of aromatic nitrogens is 4. The minimum Gasteiger partial charge on any atom is -0.301 e. The van der Waals surface area contributed by atoms with Gasteiger partial charge in [0.2, 0.25) is 0 Å². The van der Waals surface area contributed by atoms with Crippen molar-refractivity contribution >= 4 is 5.52 Å². The summed E-state index contributed by atoms with van der Waals surface area (Å²) in [6.07, 6.45) is 7.44. The lowest BCUT2D eigenvalue weighted by Crippen LogP contribution is -2.35. The molecule has 1 aliphatic heterocycles. The summed E-state index contributed by atoms with van der Waals surface area (Å²) in [6, 6.07) is 17.8. The molecule has 6 nitrogen and oxygen atoms in total. The van der Waals surface area contributed by atoms with Crippen molar-refractivity contribution in [2.75, 3.05) is 19.6 Å². The van der Waals surface area contributed by atoms with Crippen LogP contribution in [0.15, 0.2) is 71.8 Å². The fourth-order valence-electron chi connectivity index (χ4n) is 4.28. The molecule has 0 saturated carbocycles. The van der Waals surface area contributed by atoms with Crippen LogP contribution in [0.3, 0.4) is 0 Å². The zero-order chi connectivity index (χ0) is 20.3. The van der Waals surface area contributed by atoms with Gasteiger partial charge in [-0.25, -0.2) is 9.20 Å². The molecular weight excluding hydrogens is 374 g/mol. The highest BCUT2D eigenvalue weighted by atomic mass is 16.1. The Kier molecular flexibility index (Phi) is 5.15. The summed E-state index contributed by atoms with van der Waals surface area (Å²) in [5.74, 6) is 0. The van der Waals surface area contributed by atoms with Crippen molar-refractivity contribution in [3.8, 4) is 22.4 Å². The Morgan fingerprint density at radius 3 is 2.50 bits per heavy atom. The van der Waals surface area contributed by atoms with E-state index in [1.165, 1.54) is 19.3 Å². The zero-order valence-corrected chi connectivity index (χ0v) is 16.9. The van der Waals surface area contributed by atoms with Crippen molar-refractivity contribution in [2.24, 2.45) is 0 Å². The molecule has 30 heavy (non-hydrogen) atoms. The number of nitrogens with zero attached hydrogens (tertiary/aromatic N) is 5. The topological polar surface area (TPSA) is 55.4 Å². The molecule has 0 radical (unpaired) electrons. The first kappa shape index (κ1) is 18.8. The van der Waals surface area contributed by atoms with Crippen LogP contribution in [-0.2, 0) is 6.54 Å². The second-order valence-electron chi connectivity index (χ2n) is 7.80. The molecule has 0 atom stereocenters. The summed E-state index contributed by atoms with van der Waals surface area (Å²) >= 11 is 0. The Balaban J connectivity index is 1.58. The van der Waals surface area contributed by atoms with Gasteiger partial charge in [0.1, 0.15) is 5.69 Å². The SMILES string of the molecule is O=c1c(-c2c(-c3ccccc3)nn3ccccc23)ccnn1CCN1CCCCC1. The fraction of sp³-hybridized carbons (Fsp3) is 0.292. The summed E-state index contributed by atoms with van der Waals surface area (Å²) in [4.78, 5) is 15.8.